The van der Waals surface area contributed by atoms with E-state index in [1.807, 2.05) is 6.07 Å². The molecule has 0 aliphatic rings. The quantitative estimate of drug-likeness (QED) is 0.721. The zero-order chi connectivity index (χ0) is 15.1. The summed E-state index contributed by atoms with van der Waals surface area (Å²) in [6, 6.07) is 4.92. The molecule has 6 nitrogen and oxygen atoms in total. The summed E-state index contributed by atoms with van der Waals surface area (Å²) in [4.78, 5) is 22.6. The second kappa shape index (κ2) is 6.81. The van der Waals surface area contributed by atoms with Gasteiger partial charge in [0.1, 0.15) is 6.04 Å². The SMILES string of the molecule is C#CCC(NC(=O)Nc1cc(C#N)ccc1C)C(=O)O. The van der Waals surface area contributed by atoms with Crippen molar-refractivity contribution < 1.29 is 14.7 Å². The van der Waals surface area contributed by atoms with Gasteiger partial charge in [0, 0.05) is 12.1 Å². The number of rotatable bonds is 4. The monoisotopic (exact) mass is 271 g/mol. The number of aryl methyl sites for hydroxylation is 1. The van der Waals surface area contributed by atoms with Gasteiger partial charge in [0.05, 0.1) is 11.6 Å². The molecule has 1 aromatic carbocycles. The third kappa shape index (κ3) is 4.04. The van der Waals surface area contributed by atoms with Crippen LogP contribution in [-0.2, 0) is 4.79 Å². The maximum atomic E-state index is 11.7. The van der Waals surface area contributed by atoms with Crippen molar-refractivity contribution >= 4 is 17.7 Å². The van der Waals surface area contributed by atoms with Gasteiger partial charge in [-0.15, -0.1) is 12.3 Å². The number of hydrogen-bond donors (Lipinski definition) is 3. The first-order chi connectivity index (χ1) is 9.47. The Kier molecular flexibility index (Phi) is 5.13. The number of hydrogen-bond acceptors (Lipinski definition) is 3. The molecule has 0 saturated heterocycles. The maximum Gasteiger partial charge on any atom is 0.327 e. The van der Waals surface area contributed by atoms with E-state index in [1.54, 1.807) is 19.1 Å². The zero-order valence-corrected chi connectivity index (χ0v) is 10.8. The molecule has 0 radical (unpaired) electrons. The van der Waals surface area contributed by atoms with Gasteiger partial charge >= 0.3 is 12.0 Å². The summed E-state index contributed by atoms with van der Waals surface area (Å²) in [7, 11) is 0. The molecule has 102 valence electrons. The average molecular weight is 271 g/mol. The van der Waals surface area contributed by atoms with Crippen molar-refractivity contribution in [1.82, 2.24) is 5.32 Å². The number of anilines is 1. The van der Waals surface area contributed by atoms with Crippen LogP contribution in [0.15, 0.2) is 18.2 Å². The first kappa shape index (κ1) is 15.1. The average Bonchev–Trinajstić information content (AvgIpc) is 2.40. The molecule has 0 bridgehead atoms. The van der Waals surface area contributed by atoms with Crippen LogP contribution in [0.1, 0.15) is 17.5 Å². The van der Waals surface area contributed by atoms with Crippen molar-refractivity contribution in [3.63, 3.8) is 0 Å². The summed E-state index contributed by atoms with van der Waals surface area (Å²) in [5.41, 5.74) is 1.58. The minimum Gasteiger partial charge on any atom is -0.480 e. The summed E-state index contributed by atoms with van der Waals surface area (Å²) in [5.74, 6) is 0.974. The first-order valence-electron chi connectivity index (χ1n) is 5.72. The van der Waals surface area contributed by atoms with E-state index < -0.39 is 18.0 Å². The molecule has 1 unspecified atom stereocenters. The number of urea groups is 1. The van der Waals surface area contributed by atoms with Gasteiger partial charge in [0.25, 0.3) is 0 Å². The van der Waals surface area contributed by atoms with Crippen molar-refractivity contribution in [3.8, 4) is 18.4 Å². The van der Waals surface area contributed by atoms with E-state index in [0.29, 0.717) is 11.3 Å². The Hall–Kier alpha value is -2.99. The topological polar surface area (TPSA) is 102 Å². The lowest BCUT2D eigenvalue weighted by atomic mass is 10.1. The lowest BCUT2D eigenvalue weighted by Crippen LogP contribution is -2.42. The highest BCUT2D eigenvalue weighted by molar-refractivity contribution is 5.93. The van der Waals surface area contributed by atoms with Crippen LogP contribution in [0.4, 0.5) is 10.5 Å². The fourth-order valence-corrected chi connectivity index (χ4v) is 1.46. The summed E-state index contributed by atoms with van der Waals surface area (Å²) >= 11 is 0. The number of amides is 2. The molecule has 0 aromatic heterocycles. The molecule has 0 aliphatic heterocycles. The van der Waals surface area contributed by atoms with Crippen LogP contribution in [0, 0.1) is 30.6 Å². The number of benzene rings is 1. The lowest BCUT2D eigenvalue weighted by Gasteiger charge is -2.14. The molecular weight excluding hydrogens is 258 g/mol. The first-order valence-corrected chi connectivity index (χ1v) is 5.72. The second-order valence-electron chi connectivity index (χ2n) is 4.04. The third-order valence-corrected chi connectivity index (χ3v) is 2.54. The van der Waals surface area contributed by atoms with Gasteiger partial charge in [-0.1, -0.05) is 6.07 Å². The van der Waals surface area contributed by atoms with E-state index >= 15 is 0 Å². The molecular formula is C14H13N3O3. The van der Waals surface area contributed by atoms with E-state index in [9.17, 15) is 9.59 Å². The highest BCUT2D eigenvalue weighted by Crippen LogP contribution is 2.16. The third-order valence-electron chi connectivity index (χ3n) is 2.54. The van der Waals surface area contributed by atoms with Gasteiger partial charge in [-0.2, -0.15) is 5.26 Å². The Morgan fingerprint density at radius 1 is 1.50 bits per heavy atom. The van der Waals surface area contributed by atoms with E-state index in [-0.39, 0.29) is 6.42 Å². The Bertz CT molecular complexity index is 611. The van der Waals surface area contributed by atoms with Crippen molar-refractivity contribution in [2.24, 2.45) is 0 Å². The molecule has 0 heterocycles. The number of carbonyl (C=O) groups is 2. The molecule has 1 aromatic rings. The van der Waals surface area contributed by atoms with Crippen LogP contribution in [0.2, 0.25) is 0 Å². The Morgan fingerprint density at radius 3 is 2.75 bits per heavy atom. The zero-order valence-electron chi connectivity index (χ0n) is 10.8. The van der Waals surface area contributed by atoms with E-state index in [0.717, 1.165) is 5.56 Å². The fraction of sp³-hybridized carbons (Fsp3) is 0.214. The van der Waals surface area contributed by atoms with Gasteiger partial charge in [0.15, 0.2) is 0 Å². The largest absolute Gasteiger partial charge is 0.480 e. The molecule has 20 heavy (non-hydrogen) atoms. The van der Waals surface area contributed by atoms with Crippen molar-refractivity contribution in [1.29, 1.82) is 5.26 Å². The van der Waals surface area contributed by atoms with Gasteiger partial charge in [-0.25, -0.2) is 9.59 Å². The highest BCUT2D eigenvalue weighted by atomic mass is 16.4. The standard InChI is InChI=1S/C14H13N3O3/c1-3-4-11(13(18)19)16-14(20)17-12-7-10(8-15)6-5-9(12)2/h1,5-7,11H,4H2,2H3,(H,18,19)(H2,16,17,20). The summed E-state index contributed by atoms with van der Waals surface area (Å²) in [6.45, 7) is 1.76. The normalized spacial score (nSPS) is 10.8. The van der Waals surface area contributed by atoms with E-state index in [2.05, 4.69) is 16.6 Å². The van der Waals surface area contributed by atoms with E-state index in [1.165, 1.54) is 6.07 Å². The number of nitrogens with zero attached hydrogens (tertiary/aromatic N) is 1. The van der Waals surface area contributed by atoms with Crippen LogP contribution < -0.4 is 10.6 Å². The molecule has 0 aliphatic carbocycles. The maximum absolute atomic E-state index is 11.7. The summed E-state index contributed by atoms with van der Waals surface area (Å²) < 4.78 is 0. The van der Waals surface area contributed by atoms with Gasteiger partial charge in [0.2, 0.25) is 0 Å². The molecule has 0 saturated carbocycles. The lowest BCUT2D eigenvalue weighted by molar-refractivity contribution is -0.139. The molecule has 0 spiro atoms. The number of nitriles is 1. The van der Waals surface area contributed by atoms with Gasteiger partial charge in [-0.3, -0.25) is 0 Å². The van der Waals surface area contributed by atoms with Gasteiger partial charge < -0.3 is 15.7 Å². The summed E-state index contributed by atoms with van der Waals surface area (Å²) in [5, 5.41) is 22.4. The predicted octanol–water partition coefficient (Wildman–Crippen LogP) is 1.46. The molecule has 2 amide bonds. The van der Waals surface area contributed by atoms with Crippen molar-refractivity contribution in [3.05, 3.63) is 29.3 Å². The van der Waals surface area contributed by atoms with Crippen LogP contribution in [0.25, 0.3) is 0 Å². The second-order valence-corrected chi connectivity index (χ2v) is 4.04. The Balaban J connectivity index is 2.79. The van der Waals surface area contributed by atoms with Crippen LogP contribution in [-0.4, -0.2) is 23.1 Å². The number of carboxylic acids is 1. The summed E-state index contributed by atoms with van der Waals surface area (Å²) in [6.07, 6.45) is 4.93. The minimum atomic E-state index is -1.21. The Morgan fingerprint density at radius 2 is 2.20 bits per heavy atom. The van der Waals surface area contributed by atoms with Crippen molar-refractivity contribution in [2.75, 3.05) is 5.32 Å². The molecule has 3 N–H and O–H groups in total. The van der Waals surface area contributed by atoms with Crippen LogP contribution in [0.3, 0.4) is 0 Å². The van der Waals surface area contributed by atoms with Gasteiger partial charge in [-0.05, 0) is 24.6 Å². The van der Waals surface area contributed by atoms with E-state index in [4.69, 9.17) is 16.8 Å². The molecule has 0 fully saturated rings. The number of aliphatic carboxylic acids is 1. The fourth-order valence-electron chi connectivity index (χ4n) is 1.46. The Labute approximate surface area is 116 Å². The number of nitrogens with one attached hydrogen (secondary N) is 2. The minimum absolute atomic E-state index is 0.111. The van der Waals surface area contributed by atoms with Crippen LogP contribution in [0.5, 0.6) is 0 Å². The van der Waals surface area contributed by atoms with Crippen LogP contribution >= 0.6 is 0 Å². The van der Waals surface area contributed by atoms with Crippen molar-refractivity contribution in [2.45, 2.75) is 19.4 Å². The highest BCUT2D eigenvalue weighted by Gasteiger charge is 2.18. The number of carboxylic acid groups (broad SMARTS) is 1. The smallest absolute Gasteiger partial charge is 0.327 e. The molecule has 1 atom stereocenters. The predicted molar refractivity (Wildman–Crippen MR) is 72.9 cm³/mol. The molecule has 6 heteroatoms. The number of terminal acetylenes is 1. The number of carbonyl (C=O) groups excluding carboxylic acids is 1. The molecule has 1 rings (SSSR count).